The second-order valence-corrected chi connectivity index (χ2v) is 5.90. The van der Waals surface area contributed by atoms with Gasteiger partial charge in [-0.3, -0.25) is 10.1 Å². The fraction of sp³-hybridized carbons (Fsp3) is 0.571. The van der Waals surface area contributed by atoms with Gasteiger partial charge in [0, 0.05) is 25.2 Å². The van der Waals surface area contributed by atoms with Crippen LogP contribution in [0.15, 0.2) is 18.2 Å². The van der Waals surface area contributed by atoms with Crippen molar-refractivity contribution in [3.8, 4) is 0 Å². The SMILES string of the molecule is CC(C)C(CN(C)C)NCc1c(Cl)cccc1[N+](=O)[O-]. The Morgan fingerprint density at radius 1 is 1.40 bits per heavy atom. The van der Waals surface area contributed by atoms with E-state index >= 15 is 0 Å². The maximum Gasteiger partial charge on any atom is 0.275 e. The van der Waals surface area contributed by atoms with Gasteiger partial charge in [-0.1, -0.05) is 31.5 Å². The molecular formula is C14H22ClN3O2. The van der Waals surface area contributed by atoms with E-state index in [0.717, 1.165) is 6.54 Å². The lowest BCUT2D eigenvalue weighted by Crippen LogP contribution is -2.41. The van der Waals surface area contributed by atoms with Crippen LogP contribution >= 0.6 is 11.6 Å². The normalized spacial score (nSPS) is 12.9. The van der Waals surface area contributed by atoms with Crippen molar-refractivity contribution in [1.82, 2.24) is 10.2 Å². The van der Waals surface area contributed by atoms with Crippen molar-refractivity contribution in [2.24, 2.45) is 5.92 Å². The van der Waals surface area contributed by atoms with Crippen LogP contribution < -0.4 is 5.32 Å². The molecule has 0 saturated carbocycles. The van der Waals surface area contributed by atoms with Crippen LogP contribution in [-0.4, -0.2) is 36.5 Å². The summed E-state index contributed by atoms with van der Waals surface area (Å²) < 4.78 is 0. The summed E-state index contributed by atoms with van der Waals surface area (Å²) in [5.41, 5.74) is 0.612. The molecule has 0 aromatic heterocycles. The Labute approximate surface area is 125 Å². The van der Waals surface area contributed by atoms with Gasteiger partial charge in [0.05, 0.1) is 15.5 Å². The molecule has 1 aromatic carbocycles. The maximum absolute atomic E-state index is 11.0. The van der Waals surface area contributed by atoms with Crippen LogP contribution in [0.4, 0.5) is 5.69 Å². The second kappa shape index (κ2) is 7.57. The highest BCUT2D eigenvalue weighted by atomic mass is 35.5. The van der Waals surface area contributed by atoms with E-state index in [2.05, 4.69) is 24.1 Å². The van der Waals surface area contributed by atoms with Gasteiger partial charge in [0.1, 0.15) is 0 Å². The first-order valence-corrected chi connectivity index (χ1v) is 7.00. The molecule has 5 nitrogen and oxygen atoms in total. The maximum atomic E-state index is 11.0. The molecule has 0 radical (unpaired) electrons. The zero-order chi connectivity index (χ0) is 15.3. The number of nitrogens with one attached hydrogen (secondary N) is 1. The quantitative estimate of drug-likeness (QED) is 0.621. The number of hydrogen-bond acceptors (Lipinski definition) is 4. The number of nitrogens with zero attached hydrogens (tertiary/aromatic N) is 2. The van der Waals surface area contributed by atoms with Crippen LogP contribution in [0.5, 0.6) is 0 Å². The Morgan fingerprint density at radius 2 is 2.05 bits per heavy atom. The van der Waals surface area contributed by atoms with E-state index in [1.165, 1.54) is 6.07 Å². The first-order valence-electron chi connectivity index (χ1n) is 6.62. The lowest BCUT2D eigenvalue weighted by Gasteiger charge is -2.25. The third-order valence-corrected chi connectivity index (χ3v) is 3.55. The minimum Gasteiger partial charge on any atom is -0.308 e. The molecule has 0 bridgehead atoms. The average molecular weight is 300 g/mol. The second-order valence-electron chi connectivity index (χ2n) is 5.49. The standard InChI is InChI=1S/C14H22ClN3O2/c1-10(2)13(9-17(3)4)16-8-11-12(15)6-5-7-14(11)18(19)20/h5-7,10,13,16H,8-9H2,1-4H3. The number of halogens is 1. The Hall–Kier alpha value is -1.17. The molecule has 0 spiro atoms. The molecule has 112 valence electrons. The summed E-state index contributed by atoms with van der Waals surface area (Å²) in [6, 6.07) is 5.02. The van der Waals surface area contributed by atoms with Gasteiger partial charge in [0.15, 0.2) is 0 Å². The molecule has 1 atom stereocenters. The highest BCUT2D eigenvalue weighted by Gasteiger charge is 2.19. The molecule has 20 heavy (non-hydrogen) atoms. The summed E-state index contributed by atoms with van der Waals surface area (Å²) in [6.45, 7) is 5.52. The molecule has 1 rings (SSSR count). The van der Waals surface area contributed by atoms with Gasteiger partial charge in [-0.15, -0.1) is 0 Å². The van der Waals surface area contributed by atoms with Crippen LogP contribution in [0.3, 0.4) is 0 Å². The Kier molecular flexibility index (Phi) is 6.39. The first-order chi connectivity index (χ1) is 9.32. The summed E-state index contributed by atoms with van der Waals surface area (Å²) in [6.07, 6.45) is 0. The van der Waals surface area contributed by atoms with Gasteiger partial charge in [0.25, 0.3) is 5.69 Å². The lowest BCUT2D eigenvalue weighted by molar-refractivity contribution is -0.385. The van der Waals surface area contributed by atoms with E-state index in [1.807, 2.05) is 14.1 Å². The molecule has 0 heterocycles. The van der Waals surface area contributed by atoms with Gasteiger partial charge < -0.3 is 10.2 Å². The average Bonchev–Trinajstić information content (AvgIpc) is 2.34. The first kappa shape index (κ1) is 16.9. The minimum absolute atomic E-state index is 0.0670. The zero-order valence-electron chi connectivity index (χ0n) is 12.4. The van der Waals surface area contributed by atoms with Crippen LogP contribution in [-0.2, 0) is 6.54 Å². The van der Waals surface area contributed by atoms with Crippen molar-refractivity contribution in [2.75, 3.05) is 20.6 Å². The lowest BCUT2D eigenvalue weighted by atomic mass is 10.0. The number of likely N-dealkylation sites (N-methyl/N-ethyl adjacent to an activating group) is 1. The fourth-order valence-corrected chi connectivity index (χ4v) is 2.27. The van der Waals surface area contributed by atoms with Gasteiger partial charge in [-0.05, 0) is 26.1 Å². The van der Waals surface area contributed by atoms with E-state index in [1.54, 1.807) is 12.1 Å². The fourth-order valence-electron chi connectivity index (χ4n) is 2.03. The smallest absolute Gasteiger partial charge is 0.275 e. The molecule has 0 amide bonds. The van der Waals surface area contributed by atoms with Crippen LogP contribution in [0.1, 0.15) is 19.4 Å². The summed E-state index contributed by atoms with van der Waals surface area (Å²) in [7, 11) is 4.02. The number of nitro groups is 1. The molecule has 1 unspecified atom stereocenters. The molecule has 0 aliphatic carbocycles. The van der Waals surface area contributed by atoms with Crippen molar-refractivity contribution in [3.63, 3.8) is 0 Å². The van der Waals surface area contributed by atoms with E-state index < -0.39 is 0 Å². The predicted octanol–water partition coefficient (Wildman–Crippen LogP) is 2.92. The van der Waals surface area contributed by atoms with Crippen molar-refractivity contribution in [2.45, 2.75) is 26.4 Å². The summed E-state index contributed by atoms with van der Waals surface area (Å²) >= 11 is 6.09. The summed E-state index contributed by atoms with van der Waals surface area (Å²) in [5, 5.41) is 14.8. The highest BCUT2D eigenvalue weighted by Crippen LogP contribution is 2.26. The Balaban J connectivity index is 2.85. The van der Waals surface area contributed by atoms with Gasteiger partial charge in [0.2, 0.25) is 0 Å². The predicted molar refractivity (Wildman–Crippen MR) is 82.1 cm³/mol. The van der Waals surface area contributed by atoms with E-state index in [4.69, 9.17) is 11.6 Å². The Bertz CT molecular complexity index is 464. The van der Waals surface area contributed by atoms with Gasteiger partial charge in [-0.2, -0.15) is 0 Å². The highest BCUT2D eigenvalue weighted by molar-refractivity contribution is 6.31. The van der Waals surface area contributed by atoms with Crippen LogP contribution in [0.25, 0.3) is 0 Å². The molecule has 0 aliphatic heterocycles. The van der Waals surface area contributed by atoms with E-state index in [0.29, 0.717) is 23.0 Å². The van der Waals surface area contributed by atoms with Crippen molar-refractivity contribution in [3.05, 3.63) is 38.9 Å². The van der Waals surface area contributed by atoms with Crippen molar-refractivity contribution < 1.29 is 4.92 Å². The third kappa shape index (κ3) is 4.74. The zero-order valence-corrected chi connectivity index (χ0v) is 13.1. The molecule has 0 saturated heterocycles. The van der Waals surface area contributed by atoms with Crippen molar-refractivity contribution in [1.29, 1.82) is 0 Å². The largest absolute Gasteiger partial charge is 0.308 e. The number of benzene rings is 1. The number of hydrogen-bond donors (Lipinski definition) is 1. The molecule has 6 heteroatoms. The van der Waals surface area contributed by atoms with Gasteiger partial charge >= 0.3 is 0 Å². The molecule has 0 aliphatic rings. The summed E-state index contributed by atoms with van der Waals surface area (Å²) in [5.74, 6) is 0.430. The van der Waals surface area contributed by atoms with E-state index in [-0.39, 0.29) is 16.7 Å². The molecule has 1 N–H and O–H groups in total. The monoisotopic (exact) mass is 299 g/mol. The third-order valence-electron chi connectivity index (χ3n) is 3.20. The van der Waals surface area contributed by atoms with Crippen molar-refractivity contribution >= 4 is 17.3 Å². The Morgan fingerprint density at radius 3 is 2.55 bits per heavy atom. The minimum atomic E-state index is -0.390. The number of nitro benzene ring substituents is 1. The molecular weight excluding hydrogens is 278 g/mol. The summed E-state index contributed by atoms with van der Waals surface area (Å²) in [4.78, 5) is 12.7. The van der Waals surface area contributed by atoms with Crippen LogP contribution in [0, 0.1) is 16.0 Å². The van der Waals surface area contributed by atoms with Gasteiger partial charge in [-0.25, -0.2) is 0 Å². The molecule has 0 fully saturated rings. The number of rotatable bonds is 7. The molecule has 1 aromatic rings. The van der Waals surface area contributed by atoms with E-state index in [9.17, 15) is 10.1 Å². The topological polar surface area (TPSA) is 58.4 Å². The van der Waals surface area contributed by atoms with Crippen LogP contribution in [0.2, 0.25) is 5.02 Å².